The van der Waals surface area contributed by atoms with E-state index in [0.717, 1.165) is 32.6 Å². The van der Waals surface area contributed by atoms with Crippen LogP contribution >= 0.6 is 22.9 Å². The van der Waals surface area contributed by atoms with E-state index in [1.165, 1.54) is 11.3 Å². The van der Waals surface area contributed by atoms with E-state index in [-0.39, 0.29) is 5.56 Å². The molecule has 0 atom stereocenters. The first-order chi connectivity index (χ1) is 12.1. The summed E-state index contributed by atoms with van der Waals surface area (Å²) in [5, 5.41) is 0.970. The Morgan fingerprint density at radius 2 is 1.92 bits per heavy atom. The van der Waals surface area contributed by atoms with Crippen molar-refractivity contribution in [2.24, 2.45) is 0 Å². The number of hydrogen-bond acceptors (Lipinski definition) is 4. The quantitative estimate of drug-likeness (QED) is 0.498. The molecule has 6 heteroatoms. The molecule has 0 aliphatic heterocycles. The Labute approximate surface area is 153 Å². The number of fused-ring (bicyclic) bond motifs is 3. The molecule has 0 bridgehead atoms. The molecule has 0 N–H and O–H groups in total. The highest BCUT2D eigenvalue weighted by atomic mass is 35.5. The standard InChI is InChI=1S/C19H16ClN3OS/c1-11-10-14(13-6-4-3-5-7-13)22-18-15(11)16-17(25-18)19(24)23(9-8-20)12(2)21-16/h3-7,10H,8-9H2,1-2H3. The van der Waals surface area contributed by atoms with Gasteiger partial charge in [-0.2, -0.15) is 0 Å². The molecule has 126 valence electrons. The first-order valence-electron chi connectivity index (χ1n) is 8.03. The summed E-state index contributed by atoms with van der Waals surface area (Å²) >= 11 is 7.24. The number of nitrogens with zero attached hydrogens (tertiary/aromatic N) is 3. The van der Waals surface area contributed by atoms with Crippen molar-refractivity contribution in [1.82, 2.24) is 14.5 Å². The lowest BCUT2D eigenvalue weighted by molar-refractivity contribution is 0.691. The van der Waals surface area contributed by atoms with Gasteiger partial charge in [0.15, 0.2) is 0 Å². The van der Waals surface area contributed by atoms with Gasteiger partial charge in [0.25, 0.3) is 5.56 Å². The summed E-state index contributed by atoms with van der Waals surface area (Å²) in [7, 11) is 0. The van der Waals surface area contributed by atoms with E-state index in [1.54, 1.807) is 4.57 Å². The van der Waals surface area contributed by atoms with Crippen LogP contribution < -0.4 is 5.56 Å². The van der Waals surface area contributed by atoms with Gasteiger partial charge in [0.2, 0.25) is 0 Å². The summed E-state index contributed by atoms with van der Waals surface area (Å²) < 4.78 is 2.28. The van der Waals surface area contributed by atoms with Gasteiger partial charge >= 0.3 is 0 Å². The minimum Gasteiger partial charge on any atom is -0.294 e. The molecule has 25 heavy (non-hydrogen) atoms. The molecule has 0 amide bonds. The van der Waals surface area contributed by atoms with Crippen LogP contribution in [0.2, 0.25) is 0 Å². The van der Waals surface area contributed by atoms with Gasteiger partial charge in [-0.05, 0) is 25.5 Å². The molecule has 4 nitrogen and oxygen atoms in total. The van der Waals surface area contributed by atoms with Crippen molar-refractivity contribution >= 4 is 43.4 Å². The van der Waals surface area contributed by atoms with Gasteiger partial charge in [0, 0.05) is 23.4 Å². The fraction of sp³-hybridized carbons (Fsp3) is 0.211. The van der Waals surface area contributed by atoms with Crippen LogP contribution in [0.4, 0.5) is 0 Å². The average molecular weight is 370 g/mol. The van der Waals surface area contributed by atoms with Crippen LogP contribution in [-0.4, -0.2) is 20.4 Å². The van der Waals surface area contributed by atoms with Crippen LogP contribution in [-0.2, 0) is 6.54 Å². The minimum absolute atomic E-state index is 0.0354. The fourth-order valence-corrected chi connectivity index (χ4v) is 4.42. The van der Waals surface area contributed by atoms with E-state index in [4.69, 9.17) is 16.6 Å². The smallest absolute Gasteiger partial charge is 0.271 e. The van der Waals surface area contributed by atoms with Gasteiger partial charge in [-0.25, -0.2) is 9.97 Å². The van der Waals surface area contributed by atoms with Crippen molar-refractivity contribution in [3.8, 4) is 11.3 Å². The Kier molecular flexibility index (Phi) is 4.06. The monoisotopic (exact) mass is 369 g/mol. The summed E-state index contributed by atoms with van der Waals surface area (Å²) in [5.74, 6) is 1.07. The zero-order chi connectivity index (χ0) is 17.6. The number of thiophene rings is 1. The van der Waals surface area contributed by atoms with Gasteiger partial charge in [-0.3, -0.25) is 9.36 Å². The highest BCUT2D eigenvalue weighted by Gasteiger charge is 2.17. The third-order valence-electron chi connectivity index (χ3n) is 4.32. The third-order valence-corrected chi connectivity index (χ3v) is 5.55. The minimum atomic E-state index is -0.0354. The molecule has 3 heterocycles. The summed E-state index contributed by atoms with van der Waals surface area (Å²) in [6.45, 7) is 4.35. The Morgan fingerprint density at radius 1 is 1.16 bits per heavy atom. The summed E-state index contributed by atoms with van der Waals surface area (Å²) in [5.41, 5.74) is 3.77. The highest BCUT2D eigenvalue weighted by Crippen LogP contribution is 2.34. The van der Waals surface area contributed by atoms with E-state index < -0.39 is 0 Å². The van der Waals surface area contributed by atoms with Crippen LogP contribution in [0.1, 0.15) is 11.4 Å². The fourth-order valence-electron chi connectivity index (χ4n) is 3.11. The number of hydrogen-bond donors (Lipinski definition) is 0. The van der Waals surface area contributed by atoms with Gasteiger partial charge < -0.3 is 0 Å². The zero-order valence-electron chi connectivity index (χ0n) is 13.9. The molecule has 0 unspecified atom stereocenters. The highest BCUT2D eigenvalue weighted by molar-refractivity contribution is 7.25. The van der Waals surface area contributed by atoms with Crippen LogP contribution in [0.3, 0.4) is 0 Å². The molecule has 4 aromatic rings. The topological polar surface area (TPSA) is 47.8 Å². The predicted molar refractivity (Wildman–Crippen MR) is 105 cm³/mol. The molecule has 1 aromatic carbocycles. The maximum absolute atomic E-state index is 12.8. The molecular formula is C19H16ClN3OS. The van der Waals surface area contributed by atoms with E-state index in [1.807, 2.05) is 44.2 Å². The number of pyridine rings is 1. The van der Waals surface area contributed by atoms with Crippen molar-refractivity contribution in [3.05, 3.63) is 58.1 Å². The summed E-state index contributed by atoms with van der Waals surface area (Å²) in [4.78, 5) is 23.1. The van der Waals surface area contributed by atoms with E-state index >= 15 is 0 Å². The maximum Gasteiger partial charge on any atom is 0.271 e. The largest absolute Gasteiger partial charge is 0.294 e. The Morgan fingerprint density at radius 3 is 2.64 bits per heavy atom. The Hall–Kier alpha value is -2.24. The molecule has 0 spiro atoms. The summed E-state index contributed by atoms with van der Waals surface area (Å²) in [6.07, 6.45) is 0. The third kappa shape index (κ3) is 2.64. The number of aryl methyl sites for hydroxylation is 2. The van der Waals surface area contributed by atoms with E-state index in [9.17, 15) is 4.79 Å². The summed E-state index contributed by atoms with van der Waals surface area (Å²) in [6, 6.07) is 12.1. The number of alkyl halides is 1. The Balaban J connectivity index is 2.04. The first kappa shape index (κ1) is 16.2. The average Bonchev–Trinajstić information content (AvgIpc) is 2.98. The second-order valence-electron chi connectivity index (χ2n) is 5.96. The second kappa shape index (κ2) is 6.24. The van der Waals surface area contributed by atoms with Crippen LogP contribution in [0.5, 0.6) is 0 Å². The van der Waals surface area contributed by atoms with Crippen molar-refractivity contribution < 1.29 is 0 Å². The lowest BCUT2D eigenvalue weighted by Crippen LogP contribution is -2.23. The first-order valence-corrected chi connectivity index (χ1v) is 9.38. The SMILES string of the molecule is Cc1cc(-c2ccccc2)nc2sc3c(=O)n(CCCl)c(C)nc3c12. The van der Waals surface area contributed by atoms with Gasteiger partial charge in [0.1, 0.15) is 15.4 Å². The normalized spacial score (nSPS) is 11.5. The van der Waals surface area contributed by atoms with Gasteiger partial charge in [-0.15, -0.1) is 22.9 Å². The van der Waals surface area contributed by atoms with E-state index in [0.29, 0.717) is 22.9 Å². The molecular weight excluding hydrogens is 354 g/mol. The lowest BCUT2D eigenvalue weighted by Gasteiger charge is -2.07. The lowest BCUT2D eigenvalue weighted by atomic mass is 10.1. The van der Waals surface area contributed by atoms with Crippen molar-refractivity contribution in [2.45, 2.75) is 20.4 Å². The number of halogens is 1. The van der Waals surface area contributed by atoms with Crippen LogP contribution in [0, 0.1) is 13.8 Å². The second-order valence-corrected chi connectivity index (χ2v) is 7.33. The van der Waals surface area contributed by atoms with Crippen molar-refractivity contribution in [2.75, 3.05) is 5.88 Å². The molecule has 0 saturated carbocycles. The zero-order valence-corrected chi connectivity index (χ0v) is 15.5. The Bertz CT molecular complexity index is 1150. The predicted octanol–water partition coefficient (Wildman–Crippen LogP) is 4.53. The number of benzene rings is 1. The molecule has 4 rings (SSSR count). The number of aromatic nitrogens is 3. The van der Waals surface area contributed by atoms with Crippen LogP contribution in [0.25, 0.3) is 31.7 Å². The number of rotatable bonds is 3. The molecule has 3 aromatic heterocycles. The van der Waals surface area contributed by atoms with Crippen molar-refractivity contribution in [3.63, 3.8) is 0 Å². The molecule has 0 fully saturated rings. The van der Waals surface area contributed by atoms with E-state index in [2.05, 4.69) is 11.1 Å². The van der Waals surface area contributed by atoms with Gasteiger partial charge in [-0.1, -0.05) is 30.3 Å². The van der Waals surface area contributed by atoms with Crippen molar-refractivity contribution in [1.29, 1.82) is 0 Å². The molecule has 0 aliphatic rings. The molecule has 0 radical (unpaired) electrons. The molecule has 0 aliphatic carbocycles. The van der Waals surface area contributed by atoms with Gasteiger partial charge in [0.05, 0.1) is 11.2 Å². The van der Waals surface area contributed by atoms with Crippen LogP contribution in [0.15, 0.2) is 41.2 Å². The maximum atomic E-state index is 12.8. The molecule has 0 saturated heterocycles.